The third-order valence-corrected chi connectivity index (χ3v) is 7.07. The SMILES string of the molecule is O=C(O)Cc1ccccc1C1CCN(Cc2ccc3c(c2)Nc2nccnc2S3)CC1. The highest BCUT2D eigenvalue weighted by molar-refractivity contribution is 7.99. The lowest BCUT2D eigenvalue weighted by Crippen LogP contribution is -2.32. The summed E-state index contributed by atoms with van der Waals surface area (Å²) in [4.78, 5) is 23.6. The van der Waals surface area contributed by atoms with Gasteiger partial charge < -0.3 is 10.4 Å². The second kappa shape index (κ2) is 8.69. The Kier molecular flexibility index (Phi) is 5.61. The van der Waals surface area contributed by atoms with Gasteiger partial charge in [0.2, 0.25) is 0 Å². The van der Waals surface area contributed by atoms with Crippen LogP contribution in [0.2, 0.25) is 0 Å². The number of hydrogen-bond acceptors (Lipinski definition) is 6. The van der Waals surface area contributed by atoms with Crippen LogP contribution in [-0.4, -0.2) is 39.0 Å². The topological polar surface area (TPSA) is 78.4 Å². The van der Waals surface area contributed by atoms with Gasteiger partial charge in [0.05, 0.1) is 12.1 Å². The maximum Gasteiger partial charge on any atom is 0.307 e. The summed E-state index contributed by atoms with van der Waals surface area (Å²) in [5.74, 6) is 0.485. The van der Waals surface area contributed by atoms with Crippen molar-refractivity contribution in [1.82, 2.24) is 14.9 Å². The zero-order valence-corrected chi connectivity index (χ0v) is 17.9. The molecule has 0 atom stereocenters. The Morgan fingerprint density at radius 2 is 1.94 bits per heavy atom. The van der Waals surface area contributed by atoms with Gasteiger partial charge in [-0.05, 0) is 60.7 Å². The van der Waals surface area contributed by atoms with Crippen molar-refractivity contribution in [1.29, 1.82) is 0 Å². The number of carbonyl (C=O) groups is 1. The number of likely N-dealkylation sites (tertiary alicyclic amines) is 1. The molecule has 0 spiro atoms. The fraction of sp³-hybridized carbons (Fsp3) is 0.292. The summed E-state index contributed by atoms with van der Waals surface area (Å²) in [6.07, 6.45) is 5.64. The fourth-order valence-electron chi connectivity index (χ4n) is 4.50. The van der Waals surface area contributed by atoms with Crippen LogP contribution < -0.4 is 5.32 Å². The van der Waals surface area contributed by atoms with E-state index in [1.807, 2.05) is 18.2 Å². The van der Waals surface area contributed by atoms with Crippen molar-refractivity contribution in [3.63, 3.8) is 0 Å². The predicted molar refractivity (Wildman–Crippen MR) is 121 cm³/mol. The molecule has 0 unspecified atom stereocenters. The average Bonchev–Trinajstić information content (AvgIpc) is 2.78. The van der Waals surface area contributed by atoms with Crippen LogP contribution in [0.25, 0.3) is 0 Å². The highest BCUT2D eigenvalue weighted by Gasteiger charge is 2.24. The number of aliphatic carboxylic acids is 1. The van der Waals surface area contributed by atoms with Crippen LogP contribution in [0.4, 0.5) is 11.5 Å². The Labute approximate surface area is 185 Å². The highest BCUT2D eigenvalue weighted by atomic mass is 32.2. The third-order valence-electron chi connectivity index (χ3n) is 6.00. The summed E-state index contributed by atoms with van der Waals surface area (Å²) in [5.41, 5.74) is 4.53. The lowest BCUT2D eigenvalue weighted by Gasteiger charge is -2.33. The van der Waals surface area contributed by atoms with E-state index in [1.54, 1.807) is 24.2 Å². The molecule has 0 aliphatic carbocycles. The van der Waals surface area contributed by atoms with Gasteiger partial charge in [0.25, 0.3) is 0 Å². The first-order valence-electron chi connectivity index (χ1n) is 10.6. The second-order valence-electron chi connectivity index (χ2n) is 8.09. The molecule has 2 N–H and O–H groups in total. The molecule has 2 aromatic carbocycles. The first-order chi connectivity index (χ1) is 15.2. The second-order valence-corrected chi connectivity index (χ2v) is 9.12. The first kappa shape index (κ1) is 20.0. The van der Waals surface area contributed by atoms with E-state index in [0.29, 0.717) is 5.92 Å². The lowest BCUT2D eigenvalue weighted by molar-refractivity contribution is -0.136. The average molecular weight is 433 g/mol. The number of piperidine rings is 1. The monoisotopic (exact) mass is 432 g/mol. The molecule has 6 nitrogen and oxygen atoms in total. The Morgan fingerprint density at radius 3 is 2.77 bits per heavy atom. The Balaban J connectivity index is 1.23. The zero-order valence-electron chi connectivity index (χ0n) is 17.1. The van der Waals surface area contributed by atoms with Gasteiger partial charge in [0, 0.05) is 23.8 Å². The molecule has 5 rings (SSSR count). The van der Waals surface area contributed by atoms with Crippen molar-refractivity contribution in [2.45, 2.75) is 41.6 Å². The van der Waals surface area contributed by atoms with E-state index in [2.05, 4.69) is 44.5 Å². The molecule has 1 fully saturated rings. The number of carboxylic acids is 1. The fourth-order valence-corrected chi connectivity index (χ4v) is 5.37. The summed E-state index contributed by atoms with van der Waals surface area (Å²) in [5, 5.41) is 13.5. The Morgan fingerprint density at radius 1 is 1.13 bits per heavy atom. The molecule has 2 aliphatic rings. The molecule has 0 bridgehead atoms. The molecule has 1 saturated heterocycles. The van der Waals surface area contributed by atoms with Crippen molar-refractivity contribution in [3.8, 4) is 0 Å². The quantitative estimate of drug-likeness (QED) is 0.474. The van der Waals surface area contributed by atoms with E-state index in [0.717, 1.165) is 54.6 Å². The van der Waals surface area contributed by atoms with Crippen LogP contribution in [0.3, 0.4) is 0 Å². The molecule has 0 saturated carbocycles. The van der Waals surface area contributed by atoms with Gasteiger partial charge in [-0.1, -0.05) is 42.1 Å². The molecule has 3 heterocycles. The van der Waals surface area contributed by atoms with Crippen molar-refractivity contribution >= 4 is 29.2 Å². The molecule has 1 aromatic heterocycles. The first-order valence-corrected chi connectivity index (χ1v) is 11.4. The van der Waals surface area contributed by atoms with Crippen LogP contribution >= 0.6 is 11.8 Å². The van der Waals surface area contributed by atoms with Crippen LogP contribution in [0.15, 0.2) is 64.8 Å². The summed E-state index contributed by atoms with van der Waals surface area (Å²) in [6.45, 7) is 2.94. The van der Waals surface area contributed by atoms with Crippen LogP contribution in [0.1, 0.15) is 35.4 Å². The number of aromatic nitrogens is 2. The minimum atomic E-state index is -0.766. The molecular formula is C24H24N4O2S. The maximum atomic E-state index is 11.2. The molecule has 158 valence electrons. The number of benzene rings is 2. The predicted octanol–water partition coefficient (Wildman–Crippen LogP) is 4.69. The summed E-state index contributed by atoms with van der Waals surface area (Å²) >= 11 is 1.65. The molecular weight excluding hydrogens is 408 g/mol. The number of rotatable bonds is 5. The largest absolute Gasteiger partial charge is 0.481 e. The summed E-state index contributed by atoms with van der Waals surface area (Å²) in [7, 11) is 0. The molecule has 0 radical (unpaired) electrons. The smallest absolute Gasteiger partial charge is 0.307 e. The van der Waals surface area contributed by atoms with Gasteiger partial charge in [-0.25, -0.2) is 9.97 Å². The van der Waals surface area contributed by atoms with E-state index >= 15 is 0 Å². The van der Waals surface area contributed by atoms with E-state index in [1.165, 1.54) is 16.0 Å². The minimum absolute atomic E-state index is 0.101. The molecule has 31 heavy (non-hydrogen) atoms. The van der Waals surface area contributed by atoms with Gasteiger partial charge in [-0.15, -0.1) is 0 Å². The summed E-state index contributed by atoms with van der Waals surface area (Å²) in [6, 6.07) is 14.6. The zero-order chi connectivity index (χ0) is 21.2. The van der Waals surface area contributed by atoms with Crippen molar-refractivity contribution in [2.75, 3.05) is 18.4 Å². The lowest BCUT2D eigenvalue weighted by atomic mass is 9.85. The van der Waals surface area contributed by atoms with E-state index in [-0.39, 0.29) is 6.42 Å². The highest BCUT2D eigenvalue weighted by Crippen LogP contribution is 2.42. The molecule has 7 heteroatoms. The van der Waals surface area contributed by atoms with Gasteiger partial charge in [-0.2, -0.15) is 0 Å². The molecule has 2 aliphatic heterocycles. The number of anilines is 2. The van der Waals surface area contributed by atoms with Gasteiger partial charge >= 0.3 is 5.97 Å². The van der Waals surface area contributed by atoms with Gasteiger partial charge in [-0.3, -0.25) is 9.69 Å². The van der Waals surface area contributed by atoms with Crippen LogP contribution in [0, 0.1) is 0 Å². The summed E-state index contributed by atoms with van der Waals surface area (Å²) < 4.78 is 0. The van der Waals surface area contributed by atoms with Crippen molar-refractivity contribution in [3.05, 3.63) is 71.5 Å². The van der Waals surface area contributed by atoms with Gasteiger partial charge in [0.1, 0.15) is 5.03 Å². The number of nitrogens with zero attached hydrogens (tertiary/aromatic N) is 3. The molecule has 3 aromatic rings. The third kappa shape index (κ3) is 4.43. The molecule has 0 amide bonds. The van der Waals surface area contributed by atoms with Gasteiger partial charge in [0.15, 0.2) is 5.82 Å². The normalized spacial score (nSPS) is 16.3. The van der Waals surface area contributed by atoms with E-state index in [4.69, 9.17) is 0 Å². The number of hydrogen-bond donors (Lipinski definition) is 2. The van der Waals surface area contributed by atoms with E-state index < -0.39 is 5.97 Å². The Bertz CT molecular complexity index is 1110. The minimum Gasteiger partial charge on any atom is -0.481 e. The standard InChI is InChI=1S/C24H24N4O2S/c29-22(30)14-18-3-1-2-4-19(18)17-7-11-28(12-8-17)15-16-5-6-21-20(13-16)27-23-24(31-21)26-10-9-25-23/h1-6,9-10,13,17H,7-8,11-12,14-15H2,(H,25,27)(H,29,30). The number of nitrogens with one attached hydrogen (secondary N) is 1. The van der Waals surface area contributed by atoms with Crippen LogP contribution in [0.5, 0.6) is 0 Å². The Hall–Kier alpha value is -2.90. The van der Waals surface area contributed by atoms with Crippen molar-refractivity contribution in [2.24, 2.45) is 0 Å². The number of fused-ring (bicyclic) bond motifs is 2. The van der Waals surface area contributed by atoms with Crippen LogP contribution in [-0.2, 0) is 17.8 Å². The maximum absolute atomic E-state index is 11.2. The van der Waals surface area contributed by atoms with Crippen molar-refractivity contribution < 1.29 is 9.90 Å². The number of carboxylic acid groups (broad SMARTS) is 1. The van der Waals surface area contributed by atoms with E-state index in [9.17, 15) is 9.90 Å².